The number of rotatable bonds is 2. The average Bonchev–Trinajstić information content (AvgIpc) is 2.62. The first kappa shape index (κ1) is 13.7. The van der Waals surface area contributed by atoms with Gasteiger partial charge in [-0.1, -0.05) is 40.9 Å². The van der Waals surface area contributed by atoms with Crippen molar-refractivity contribution in [2.45, 2.75) is 6.10 Å². The van der Waals surface area contributed by atoms with Gasteiger partial charge in [0.2, 0.25) is 0 Å². The van der Waals surface area contributed by atoms with E-state index in [-0.39, 0.29) is 0 Å². The van der Waals surface area contributed by atoms with Crippen molar-refractivity contribution in [2.24, 2.45) is 0 Å². The number of aliphatic hydroxyl groups is 1. The van der Waals surface area contributed by atoms with Gasteiger partial charge in [-0.25, -0.2) is 0 Å². The van der Waals surface area contributed by atoms with Crippen LogP contribution in [0.2, 0.25) is 14.4 Å². The second-order valence-corrected chi connectivity index (χ2v) is 6.70. The topological polar surface area (TPSA) is 20.2 Å². The van der Waals surface area contributed by atoms with Gasteiger partial charge in [-0.2, -0.15) is 0 Å². The molecule has 1 atom stereocenters. The van der Waals surface area contributed by atoms with Crippen molar-refractivity contribution in [3.63, 3.8) is 0 Å². The molecule has 0 saturated carbocycles. The number of hydrogen-bond donors (Lipinski definition) is 1. The summed E-state index contributed by atoms with van der Waals surface area (Å²) in [6.07, 6.45) is -0.751. The number of halogens is 4. The summed E-state index contributed by atoms with van der Waals surface area (Å²) < 4.78 is 1.39. The van der Waals surface area contributed by atoms with Crippen LogP contribution < -0.4 is 0 Å². The molecule has 1 unspecified atom stereocenters. The van der Waals surface area contributed by atoms with E-state index in [0.29, 0.717) is 19.9 Å². The predicted molar refractivity (Wildman–Crippen MR) is 77.6 cm³/mol. The second-order valence-electron chi connectivity index (χ2n) is 3.35. The molecule has 0 aliphatic rings. The smallest absolute Gasteiger partial charge is 0.113 e. The number of thiophene rings is 1. The fraction of sp³-hybridized carbons (Fsp3) is 0.0909. The van der Waals surface area contributed by atoms with Gasteiger partial charge in [0.15, 0.2) is 0 Å². The summed E-state index contributed by atoms with van der Waals surface area (Å²) in [4.78, 5) is 0.750. The Morgan fingerprint density at radius 3 is 2.35 bits per heavy atom. The fourth-order valence-electron chi connectivity index (χ4n) is 1.34. The molecule has 0 radical (unpaired) electrons. The number of aliphatic hydroxyl groups excluding tert-OH is 1. The SMILES string of the molecule is OC(c1ccc(Cl)c(Cl)c1)c1cc(Br)c(Cl)s1. The molecule has 0 aliphatic heterocycles. The van der Waals surface area contributed by atoms with Crippen molar-refractivity contribution in [1.29, 1.82) is 0 Å². The summed E-state index contributed by atoms with van der Waals surface area (Å²) in [6.45, 7) is 0. The Bertz CT molecular complexity index is 536. The maximum Gasteiger partial charge on any atom is 0.113 e. The quantitative estimate of drug-likeness (QED) is 0.732. The highest BCUT2D eigenvalue weighted by molar-refractivity contribution is 9.10. The minimum absolute atomic E-state index is 0.421. The minimum atomic E-state index is -0.751. The molecule has 1 heterocycles. The van der Waals surface area contributed by atoms with E-state index in [2.05, 4.69) is 15.9 Å². The third-order valence-corrected chi connectivity index (χ3v) is 5.46. The molecule has 6 heteroatoms. The van der Waals surface area contributed by atoms with E-state index in [4.69, 9.17) is 34.8 Å². The molecule has 2 rings (SSSR count). The second kappa shape index (κ2) is 5.47. The van der Waals surface area contributed by atoms with Gasteiger partial charge in [-0.15, -0.1) is 11.3 Å². The largest absolute Gasteiger partial charge is 0.383 e. The van der Waals surface area contributed by atoms with Gasteiger partial charge < -0.3 is 5.11 Å². The Morgan fingerprint density at radius 1 is 1.12 bits per heavy atom. The molecule has 0 saturated heterocycles. The maximum atomic E-state index is 10.2. The lowest BCUT2D eigenvalue weighted by molar-refractivity contribution is 0.224. The van der Waals surface area contributed by atoms with Crippen LogP contribution in [0.1, 0.15) is 16.5 Å². The Kier molecular flexibility index (Phi) is 4.40. The fourth-order valence-corrected chi connectivity index (χ4v) is 3.40. The van der Waals surface area contributed by atoms with Crippen molar-refractivity contribution in [3.8, 4) is 0 Å². The van der Waals surface area contributed by atoms with Gasteiger partial charge in [-0.05, 0) is 39.7 Å². The standard InChI is InChI=1S/C11H6BrCl3OS/c12-6-4-9(17-11(6)15)10(16)5-1-2-7(13)8(14)3-5/h1-4,10,16H. The Hall–Kier alpha value is 0.230. The van der Waals surface area contributed by atoms with E-state index in [1.165, 1.54) is 11.3 Å². The zero-order valence-corrected chi connectivity index (χ0v) is 12.9. The van der Waals surface area contributed by atoms with Crippen molar-refractivity contribution in [3.05, 3.63) is 53.6 Å². The highest BCUT2D eigenvalue weighted by Gasteiger charge is 2.16. The van der Waals surface area contributed by atoms with Crippen LogP contribution in [0.4, 0.5) is 0 Å². The van der Waals surface area contributed by atoms with Gasteiger partial charge in [0.05, 0.1) is 10.0 Å². The van der Waals surface area contributed by atoms with Crippen molar-refractivity contribution >= 4 is 62.1 Å². The molecular formula is C11H6BrCl3OS. The first-order chi connectivity index (χ1) is 7.99. The van der Waals surface area contributed by atoms with E-state index < -0.39 is 6.10 Å². The van der Waals surface area contributed by atoms with Crippen LogP contribution in [0.3, 0.4) is 0 Å². The molecule has 2 aromatic rings. The van der Waals surface area contributed by atoms with Crippen LogP contribution in [-0.4, -0.2) is 5.11 Å². The van der Waals surface area contributed by atoms with Gasteiger partial charge >= 0.3 is 0 Å². The van der Waals surface area contributed by atoms with Gasteiger partial charge in [0.1, 0.15) is 10.4 Å². The highest BCUT2D eigenvalue weighted by Crippen LogP contribution is 2.38. The predicted octanol–water partition coefficient (Wildman–Crippen LogP) is 5.55. The van der Waals surface area contributed by atoms with Crippen LogP contribution in [-0.2, 0) is 0 Å². The van der Waals surface area contributed by atoms with Crippen LogP contribution >= 0.6 is 62.1 Å². The zero-order valence-electron chi connectivity index (χ0n) is 8.25. The van der Waals surface area contributed by atoms with E-state index >= 15 is 0 Å². The normalized spacial score (nSPS) is 12.8. The van der Waals surface area contributed by atoms with E-state index in [1.807, 2.05) is 0 Å². The first-order valence-corrected chi connectivity index (χ1v) is 7.31. The zero-order chi connectivity index (χ0) is 12.6. The Morgan fingerprint density at radius 2 is 1.82 bits per heavy atom. The summed E-state index contributed by atoms with van der Waals surface area (Å²) in [5, 5.41) is 11.1. The molecular weight excluding hydrogens is 366 g/mol. The molecule has 0 fully saturated rings. The average molecular weight is 372 g/mol. The van der Waals surface area contributed by atoms with Crippen LogP contribution in [0.15, 0.2) is 28.7 Å². The Labute approximate surface area is 126 Å². The Balaban J connectivity index is 2.36. The summed E-state index contributed by atoms with van der Waals surface area (Å²) in [7, 11) is 0. The van der Waals surface area contributed by atoms with E-state index in [9.17, 15) is 5.11 Å². The summed E-state index contributed by atoms with van der Waals surface area (Å²) in [5.74, 6) is 0. The minimum Gasteiger partial charge on any atom is -0.383 e. The summed E-state index contributed by atoms with van der Waals surface area (Å²) in [6, 6.07) is 6.84. The molecule has 0 bridgehead atoms. The molecule has 1 nitrogen and oxygen atoms in total. The lowest BCUT2D eigenvalue weighted by Gasteiger charge is -2.09. The number of benzene rings is 1. The molecule has 90 valence electrons. The lowest BCUT2D eigenvalue weighted by atomic mass is 10.1. The van der Waals surface area contributed by atoms with Crippen LogP contribution in [0.5, 0.6) is 0 Å². The summed E-state index contributed by atoms with van der Waals surface area (Å²) in [5.41, 5.74) is 0.685. The molecule has 1 aromatic heterocycles. The van der Waals surface area contributed by atoms with Crippen molar-refractivity contribution in [2.75, 3.05) is 0 Å². The monoisotopic (exact) mass is 370 g/mol. The van der Waals surface area contributed by atoms with Crippen molar-refractivity contribution in [1.82, 2.24) is 0 Å². The van der Waals surface area contributed by atoms with E-state index in [0.717, 1.165) is 9.35 Å². The molecule has 1 aromatic carbocycles. The summed E-state index contributed by atoms with van der Waals surface area (Å²) >= 11 is 22.3. The molecule has 0 spiro atoms. The van der Waals surface area contributed by atoms with E-state index in [1.54, 1.807) is 24.3 Å². The molecule has 17 heavy (non-hydrogen) atoms. The third-order valence-electron chi connectivity index (χ3n) is 2.19. The lowest BCUT2D eigenvalue weighted by Crippen LogP contribution is -1.96. The van der Waals surface area contributed by atoms with Gasteiger partial charge in [-0.3, -0.25) is 0 Å². The molecule has 0 aliphatic carbocycles. The van der Waals surface area contributed by atoms with Gasteiger partial charge in [0, 0.05) is 9.35 Å². The third kappa shape index (κ3) is 2.98. The van der Waals surface area contributed by atoms with Gasteiger partial charge in [0.25, 0.3) is 0 Å². The first-order valence-electron chi connectivity index (χ1n) is 4.57. The van der Waals surface area contributed by atoms with Crippen molar-refractivity contribution < 1.29 is 5.11 Å². The molecule has 1 N–H and O–H groups in total. The van der Waals surface area contributed by atoms with Crippen LogP contribution in [0, 0.1) is 0 Å². The van der Waals surface area contributed by atoms with Crippen LogP contribution in [0.25, 0.3) is 0 Å². The molecule has 0 amide bonds. The highest BCUT2D eigenvalue weighted by atomic mass is 79.9. The number of hydrogen-bond acceptors (Lipinski definition) is 2. The maximum absolute atomic E-state index is 10.2.